The summed E-state index contributed by atoms with van der Waals surface area (Å²) in [5.74, 6) is 0.858. The second kappa shape index (κ2) is 5.67. The number of H-pyrrole nitrogens is 1. The largest absolute Gasteiger partial charge is 0.378 e. The first-order chi connectivity index (χ1) is 10.5. The van der Waals surface area contributed by atoms with Crippen LogP contribution in [0.5, 0.6) is 0 Å². The molecule has 5 nitrogen and oxygen atoms in total. The zero-order chi connectivity index (χ0) is 15.7. The molecule has 3 aromatic rings. The Morgan fingerprint density at radius 3 is 2.55 bits per heavy atom. The van der Waals surface area contributed by atoms with Gasteiger partial charge in [-0.25, -0.2) is 4.98 Å². The van der Waals surface area contributed by atoms with Gasteiger partial charge in [-0.1, -0.05) is 12.1 Å². The van der Waals surface area contributed by atoms with Crippen LogP contribution in [0, 0.1) is 13.8 Å². The lowest BCUT2D eigenvalue weighted by Crippen LogP contribution is -2.08. The number of aromatic amines is 1. The van der Waals surface area contributed by atoms with E-state index in [9.17, 15) is 0 Å². The predicted octanol–water partition coefficient (Wildman–Crippen LogP) is 3.25. The van der Waals surface area contributed by atoms with Gasteiger partial charge in [0, 0.05) is 32.0 Å². The quantitative estimate of drug-likeness (QED) is 0.775. The Hall–Kier alpha value is -2.56. The predicted molar refractivity (Wildman–Crippen MR) is 91.5 cm³/mol. The van der Waals surface area contributed by atoms with E-state index < -0.39 is 0 Å². The molecule has 0 spiro atoms. The summed E-state index contributed by atoms with van der Waals surface area (Å²) in [7, 11) is 4.09. The van der Waals surface area contributed by atoms with Crippen molar-refractivity contribution in [3.8, 4) is 0 Å². The molecule has 5 heteroatoms. The van der Waals surface area contributed by atoms with Crippen LogP contribution in [-0.2, 0) is 6.54 Å². The first kappa shape index (κ1) is 14.4. The van der Waals surface area contributed by atoms with Crippen molar-refractivity contribution in [2.75, 3.05) is 24.3 Å². The van der Waals surface area contributed by atoms with E-state index in [2.05, 4.69) is 62.7 Å². The lowest BCUT2D eigenvalue weighted by molar-refractivity contribution is 1.05. The van der Waals surface area contributed by atoms with E-state index in [1.54, 1.807) is 0 Å². The normalized spacial score (nSPS) is 10.9. The monoisotopic (exact) mass is 295 g/mol. The summed E-state index contributed by atoms with van der Waals surface area (Å²) >= 11 is 0. The molecule has 0 aliphatic carbocycles. The summed E-state index contributed by atoms with van der Waals surface area (Å²) < 4.78 is 0. The fourth-order valence-electron chi connectivity index (χ4n) is 2.61. The maximum atomic E-state index is 4.48. The van der Waals surface area contributed by atoms with Gasteiger partial charge in [0.25, 0.3) is 0 Å². The van der Waals surface area contributed by atoms with Crippen LogP contribution >= 0.6 is 0 Å². The summed E-state index contributed by atoms with van der Waals surface area (Å²) in [5, 5.41) is 11.8. The second-order valence-corrected chi connectivity index (χ2v) is 5.79. The first-order valence-electron chi connectivity index (χ1n) is 7.37. The summed E-state index contributed by atoms with van der Waals surface area (Å²) in [5.41, 5.74) is 5.44. The molecule has 0 aliphatic rings. The van der Waals surface area contributed by atoms with Crippen LogP contribution in [0.25, 0.3) is 11.0 Å². The van der Waals surface area contributed by atoms with Crippen molar-refractivity contribution in [1.29, 1.82) is 0 Å². The molecule has 2 N–H and O–H groups in total. The highest BCUT2D eigenvalue weighted by Crippen LogP contribution is 2.24. The highest BCUT2D eigenvalue weighted by Gasteiger charge is 2.10. The van der Waals surface area contributed by atoms with E-state index in [-0.39, 0.29) is 0 Å². The van der Waals surface area contributed by atoms with Crippen molar-refractivity contribution in [2.45, 2.75) is 20.4 Å². The molecule has 2 heterocycles. The van der Waals surface area contributed by atoms with Crippen LogP contribution in [0.4, 0.5) is 11.5 Å². The molecule has 2 aromatic heterocycles. The van der Waals surface area contributed by atoms with Gasteiger partial charge in [-0.15, -0.1) is 0 Å². The number of anilines is 2. The van der Waals surface area contributed by atoms with Gasteiger partial charge in [0.1, 0.15) is 0 Å². The number of hydrogen-bond acceptors (Lipinski definition) is 4. The molecular formula is C17H21N5. The molecule has 0 amide bonds. The maximum absolute atomic E-state index is 4.48. The molecule has 0 unspecified atom stereocenters. The van der Waals surface area contributed by atoms with Crippen molar-refractivity contribution in [3.63, 3.8) is 0 Å². The fraction of sp³-hybridized carbons (Fsp3) is 0.294. The molecule has 114 valence electrons. The van der Waals surface area contributed by atoms with Gasteiger partial charge in [-0.3, -0.25) is 5.10 Å². The molecule has 0 fully saturated rings. The minimum atomic E-state index is 0.737. The summed E-state index contributed by atoms with van der Waals surface area (Å²) in [6.07, 6.45) is 0. The molecular weight excluding hydrogens is 274 g/mol. The summed E-state index contributed by atoms with van der Waals surface area (Å²) in [6, 6.07) is 10.6. The van der Waals surface area contributed by atoms with Gasteiger partial charge in [0.2, 0.25) is 0 Å². The van der Waals surface area contributed by atoms with E-state index in [0.717, 1.165) is 29.1 Å². The topological polar surface area (TPSA) is 56.8 Å². The van der Waals surface area contributed by atoms with Gasteiger partial charge in [-0.05, 0) is 43.2 Å². The van der Waals surface area contributed by atoms with Gasteiger partial charge >= 0.3 is 0 Å². The van der Waals surface area contributed by atoms with Crippen molar-refractivity contribution in [1.82, 2.24) is 15.2 Å². The molecule has 0 bridgehead atoms. The fourth-order valence-corrected chi connectivity index (χ4v) is 2.61. The average Bonchev–Trinajstić information content (AvgIpc) is 2.88. The van der Waals surface area contributed by atoms with E-state index in [4.69, 9.17) is 0 Å². The zero-order valence-electron chi connectivity index (χ0n) is 13.4. The van der Waals surface area contributed by atoms with Gasteiger partial charge in [0.15, 0.2) is 11.5 Å². The third-order valence-electron chi connectivity index (χ3n) is 3.77. The second-order valence-electron chi connectivity index (χ2n) is 5.79. The molecule has 0 radical (unpaired) electrons. The molecule has 3 rings (SSSR count). The van der Waals surface area contributed by atoms with Crippen LogP contribution in [0.3, 0.4) is 0 Å². The number of hydrogen-bond donors (Lipinski definition) is 2. The number of nitrogens with zero attached hydrogens (tertiary/aromatic N) is 3. The van der Waals surface area contributed by atoms with Crippen molar-refractivity contribution in [3.05, 3.63) is 47.2 Å². The van der Waals surface area contributed by atoms with Crippen LogP contribution in [-0.4, -0.2) is 29.3 Å². The van der Waals surface area contributed by atoms with Crippen LogP contribution in [0.1, 0.15) is 16.8 Å². The van der Waals surface area contributed by atoms with Crippen LogP contribution < -0.4 is 10.2 Å². The highest BCUT2D eigenvalue weighted by atomic mass is 15.2. The third-order valence-corrected chi connectivity index (χ3v) is 3.77. The zero-order valence-corrected chi connectivity index (χ0v) is 13.4. The Morgan fingerprint density at radius 1 is 1.14 bits per heavy atom. The van der Waals surface area contributed by atoms with Gasteiger partial charge < -0.3 is 10.2 Å². The molecule has 22 heavy (non-hydrogen) atoms. The molecule has 0 atom stereocenters. The number of fused-ring (bicyclic) bond motifs is 1. The van der Waals surface area contributed by atoms with Crippen LogP contribution in [0.2, 0.25) is 0 Å². The Bertz CT molecular complexity index is 787. The lowest BCUT2D eigenvalue weighted by Gasteiger charge is -2.13. The summed E-state index contributed by atoms with van der Waals surface area (Å²) in [4.78, 5) is 6.57. The number of pyridine rings is 1. The number of aromatic nitrogens is 3. The molecule has 0 aliphatic heterocycles. The minimum absolute atomic E-state index is 0.737. The van der Waals surface area contributed by atoms with Crippen LogP contribution in [0.15, 0.2) is 30.3 Å². The van der Waals surface area contributed by atoms with Gasteiger partial charge in [0.05, 0.1) is 5.39 Å². The third kappa shape index (κ3) is 2.74. The highest BCUT2D eigenvalue weighted by molar-refractivity contribution is 5.90. The average molecular weight is 295 g/mol. The SMILES string of the molecule is Cc1cc(C)c2c(NCc3ccc(N(C)C)cc3)n[nH]c2n1. The lowest BCUT2D eigenvalue weighted by atomic mass is 10.1. The van der Waals surface area contributed by atoms with E-state index in [1.165, 1.54) is 16.8 Å². The molecule has 0 saturated heterocycles. The standard InChI is InChI=1S/C17H21N5/c1-11-9-12(2)19-17-15(11)16(20-21-17)18-10-13-5-7-14(8-6-13)22(3)4/h5-9H,10H2,1-4H3,(H2,18,19,20,21). The minimum Gasteiger partial charge on any atom is -0.378 e. The van der Waals surface area contributed by atoms with Crippen molar-refractivity contribution in [2.24, 2.45) is 0 Å². The smallest absolute Gasteiger partial charge is 0.157 e. The number of benzene rings is 1. The maximum Gasteiger partial charge on any atom is 0.157 e. The Morgan fingerprint density at radius 2 is 1.86 bits per heavy atom. The van der Waals surface area contributed by atoms with E-state index in [0.29, 0.717) is 0 Å². The Balaban J connectivity index is 1.79. The van der Waals surface area contributed by atoms with Crippen molar-refractivity contribution >= 4 is 22.5 Å². The Labute approximate surface area is 130 Å². The number of rotatable bonds is 4. The summed E-state index contributed by atoms with van der Waals surface area (Å²) in [6.45, 7) is 4.82. The van der Waals surface area contributed by atoms with Gasteiger partial charge in [-0.2, -0.15) is 5.10 Å². The number of nitrogens with one attached hydrogen (secondary N) is 2. The first-order valence-corrected chi connectivity index (χ1v) is 7.37. The van der Waals surface area contributed by atoms with Crippen molar-refractivity contribution < 1.29 is 0 Å². The number of aryl methyl sites for hydroxylation is 2. The van der Waals surface area contributed by atoms with E-state index in [1.807, 2.05) is 21.0 Å². The Kier molecular flexibility index (Phi) is 3.71. The molecule has 1 aromatic carbocycles. The van der Waals surface area contributed by atoms with E-state index >= 15 is 0 Å². The molecule has 0 saturated carbocycles.